The molecule has 1 amide bonds. The average molecular weight is 457 g/mol. The summed E-state index contributed by atoms with van der Waals surface area (Å²) < 4.78 is 5.78. The Morgan fingerprint density at radius 3 is 2.47 bits per heavy atom. The molecule has 174 valence electrons. The molecule has 0 bridgehead atoms. The molecule has 0 aliphatic carbocycles. The molecule has 1 unspecified atom stereocenters. The fraction of sp³-hybridized carbons (Fsp3) is 0.250. The minimum atomic E-state index is -0.853. The van der Waals surface area contributed by atoms with Crippen molar-refractivity contribution in [3.05, 3.63) is 95.3 Å². The number of ketones is 1. The third-order valence-corrected chi connectivity index (χ3v) is 5.73. The number of carbonyl (C=O) groups is 2. The second kappa shape index (κ2) is 9.91. The first kappa shape index (κ1) is 23.2. The van der Waals surface area contributed by atoms with Gasteiger partial charge < -0.3 is 9.84 Å². The van der Waals surface area contributed by atoms with Gasteiger partial charge in [0.2, 0.25) is 0 Å². The number of aromatic nitrogens is 1. The van der Waals surface area contributed by atoms with Crippen LogP contribution in [-0.4, -0.2) is 28.4 Å². The van der Waals surface area contributed by atoms with Crippen molar-refractivity contribution in [2.24, 2.45) is 5.92 Å². The first-order chi connectivity index (χ1) is 16.4. The third-order valence-electron chi connectivity index (χ3n) is 5.73. The Kier molecular flexibility index (Phi) is 6.77. The number of aliphatic hydroxyl groups is 1. The van der Waals surface area contributed by atoms with Crippen molar-refractivity contribution in [1.82, 2.24) is 4.98 Å². The predicted molar refractivity (Wildman–Crippen MR) is 132 cm³/mol. The van der Waals surface area contributed by atoms with E-state index >= 15 is 0 Å². The van der Waals surface area contributed by atoms with Gasteiger partial charge in [-0.05, 0) is 54.3 Å². The molecule has 0 saturated carbocycles. The minimum absolute atomic E-state index is 0.00396. The van der Waals surface area contributed by atoms with Crippen LogP contribution < -0.4 is 9.64 Å². The summed E-state index contributed by atoms with van der Waals surface area (Å²) in [6.45, 7) is 6.67. The number of hydrogen-bond donors (Lipinski definition) is 1. The van der Waals surface area contributed by atoms with E-state index in [2.05, 4.69) is 4.98 Å². The van der Waals surface area contributed by atoms with Gasteiger partial charge in [-0.3, -0.25) is 19.5 Å². The topological polar surface area (TPSA) is 79.7 Å². The molecule has 2 heterocycles. The molecule has 0 spiro atoms. The molecule has 0 radical (unpaired) electrons. The first-order valence-corrected chi connectivity index (χ1v) is 11.4. The molecular formula is C28H28N2O4. The molecule has 2 aromatic carbocycles. The van der Waals surface area contributed by atoms with Gasteiger partial charge in [-0.2, -0.15) is 0 Å². The van der Waals surface area contributed by atoms with Crippen LogP contribution in [0.15, 0.2) is 78.5 Å². The van der Waals surface area contributed by atoms with Crippen LogP contribution in [0.4, 0.5) is 5.69 Å². The molecule has 1 aliphatic rings. The summed E-state index contributed by atoms with van der Waals surface area (Å²) in [5.74, 6) is -0.783. The van der Waals surface area contributed by atoms with Crippen LogP contribution in [0.3, 0.4) is 0 Å². The molecule has 1 aromatic heterocycles. The van der Waals surface area contributed by atoms with E-state index in [-0.39, 0.29) is 11.3 Å². The molecule has 4 rings (SSSR count). The van der Waals surface area contributed by atoms with Gasteiger partial charge in [0.25, 0.3) is 11.7 Å². The van der Waals surface area contributed by atoms with E-state index in [0.29, 0.717) is 35.2 Å². The van der Waals surface area contributed by atoms with Crippen LogP contribution in [0.1, 0.15) is 43.6 Å². The summed E-state index contributed by atoms with van der Waals surface area (Å²) in [6, 6.07) is 18.9. The molecule has 1 fully saturated rings. The highest BCUT2D eigenvalue weighted by molar-refractivity contribution is 6.51. The van der Waals surface area contributed by atoms with E-state index in [0.717, 1.165) is 12.0 Å². The second-order valence-electron chi connectivity index (χ2n) is 8.68. The highest BCUT2D eigenvalue weighted by Gasteiger charge is 2.47. The highest BCUT2D eigenvalue weighted by Crippen LogP contribution is 2.41. The van der Waals surface area contributed by atoms with Gasteiger partial charge in [-0.25, -0.2) is 0 Å². The Labute approximate surface area is 199 Å². The van der Waals surface area contributed by atoms with Gasteiger partial charge in [-0.15, -0.1) is 0 Å². The second-order valence-corrected chi connectivity index (χ2v) is 8.68. The zero-order valence-electron chi connectivity index (χ0n) is 19.6. The van der Waals surface area contributed by atoms with Crippen molar-refractivity contribution in [1.29, 1.82) is 0 Å². The maximum Gasteiger partial charge on any atom is 0.300 e. The Hall–Kier alpha value is -3.93. The predicted octanol–water partition coefficient (Wildman–Crippen LogP) is 5.31. The molecular weight excluding hydrogens is 428 g/mol. The number of Topliss-reactive ketones (excluding diaryl/α,β-unsaturated/α-hetero) is 1. The lowest BCUT2D eigenvalue weighted by Gasteiger charge is -2.24. The number of aryl methyl sites for hydroxylation is 1. The fourth-order valence-corrected chi connectivity index (χ4v) is 3.96. The molecule has 1 saturated heterocycles. The van der Waals surface area contributed by atoms with E-state index in [9.17, 15) is 14.7 Å². The monoisotopic (exact) mass is 456 g/mol. The SMILES string of the molecule is CCc1ccc(N2C(=O)C(=O)/C(=C(\O)c3cccc(OCC(C)C)c3)C2c2ccccn2)cc1. The van der Waals surface area contributed by atoms with Crippen LogP contribution in [0.2, 0.25) is 0 Å². The first-order valence-electron chi connectivity index (χ1n) is 11.4. The molecule has 1 N–H and O–H groups in total. The standard InChI is InChI=1S/C28H28N2O4/c1-4-19-11-13-21(14-12-19)30-25(23-10-5-6-15-29-23)24(27(32)28(30)33)26(31)20-8-7-9-22(16-20)34-17-18(2)3/h5-16,18,25,31H,4,17H2,1-3H3/b26-24-. The molecule has 6 nitrogen and oxygen atoms in total. The Morgan fingerprint density at radius 1 is 1.06 bits per heavy atom. The minimum Gasteiger partial charge on any atom is -0.507 e. The van der Waals surface area contributed by atoms with Crippen LogP contribution in [-0.2, 0) is 16.0 Å². The Bertz CT molecular complexity index is 1220. The van der Waals surface area contributed by atoms with Gasteiger partial charge in [0, 0.05) is 17.4 Å². The Morgan fingerprint density at radius 2 is 1.82 bits per heavy atom. The molecule has 3 aromatic rings. The average Bonchev–Trinajstić information content (AvgIpc) is 3.13. The lowest BCUT2D eigenvalue weighted by atomic mass is 9.98. The van der Waals surface area contributed by atoms with Gasteiger partial charge in [0.1, 0.15) is 17.6 Å². The Balaban J connectivity index is 1.83. The summed E-state index contributed by atoms with van der Waals surface area (Å²) in [5.41, 5.74) is 2.59. The number of benzene rings is 2. The third kappa shape index (κ3) is 4.57. The number of aliphatic hydroxyl groups excluding tert-OH is 1. The normalized spacial score (nSPS) is 17.4. The summed E-state index contributed by atoms with van der Waals surface area (Å²) in [4.78, 5) is 32.3. The van der Waals surface area contributed by atoms with E-state index in [1.807, 2.05) is 45.0 Å². The van der Waals surface area contributed by atoms with Crippen molar-refractivity contribution in [2.45, 2.75) is 33.2 Å². The zero-order valence-corrected chi connectivity index (χ0v) is 19.6. The van der Waals surface area contributed by atoms with Crippen molar-refractivity contribution in [2.75, 3.05) is 11.5 Å². The van der Waals surface area contributed by atoms with E-state index < -0.39 is 17.7 Å². The summed E-state index contributed by atoms with van der Waals surface area (Å²) in [7, 11) is 0. The largest absolute Gasteiger partial charge is 0.507 e. The maximum absolute atomic E-state index is 13.2. The van der Waals surface area contributed by atoms with Crippen molar-refractivity contribution in [3.63, 3.8) is 0 Å². The highest BCUT2D eigenvalue weighted by atomic mass is 16.5. The van der Waals surface area contributed by atoms with Gasteiger partial charge >= 0.3 is 0 Å². The molecule has 6 heteroatoms. The van der Waals surface area contributed by atoms with Crippen LogP contribution in [0, 0.1) is 5.92 Å². The van der Waals surface area contributed by atoms with Crippen LogP contribution >= 0.6 is 0 Å². The molecule has 1 aliphatic heterocycles. The number of rotatable bonds is 7. The zero-order chi connectivity index (χ0) is 24.2. The number of pyridine rings is 1. The summed E-state index contributed by atoms with van der Waals surface area (Å²) in [6.07, 6.45) is 2.47. The van der Waals surface area contributed by atoms with Crippen molar-refractivity contribution >= 4 is 23.1 Å². The van der Waals surface area contributed by atoms with Gasteiger partial charge in [-0.1, -0.05) is 51.1 Å². The quantitative estimate of drug-likeness (QED) is 0.296. The van der Waals surface area contributed by atoms with Gasteiger partial charge in [0.15, 0.2) is 0 Å². The maximum atomic E-state index is 13.2. The van der Waals surface area contributed by atoms with Crippen molar-refractivity contribution < 1.29 is 19.4 Å². The number of ether oxygens (including phenoxy) is 1. The molecule has 34 heavy (non-hydrogen) atoms. The van der Waals surface area contributed by atoms with Gasteiger partial charge in [0.05, 0.1) is 17.9 Å². The fourth-order valence-electron chi connectivity index (χ4n) is 3.96. The van der Waals surface area contributed by atoms with E-state index in [1.54, 1.807) is 48.7 Å². The van der Waals surface area contributed by atoms with Crippen molar-refractivity contribution in [3.8, 4) is 5.75 Å². The van der Waals surface area contributed by atoms with Crippen LogP contribution in [0.25, 0.3) is 5.76 Å². The number of carbonyl (C=O) groups excluding carboxylic acids is 2. The number of amides is 1. The lowest BCUT2D eigenvalue weighted by Crippen LogP contribution is -2.29. The summed E-state index contributed by atoms with van der Waals surface area (Å²) in [5, 5.41) is 11.3. The number of anilines is 1. The molecule has 1 atom stereocenters. The van der Waals surface area contributed by atoms with E-state index in [1.165, 1.54) is 4.90 Å². The van der Waals surface area contributed by atoms with Crippen LogP contribution in [0.5, 0.6) is 5.75 Å². The van der Waals surface area contributed by atoms with E-state index in [4.69, 9.17) is 4.74 Å². The smallest absolute Gasteiger partial charge is 0.300 e. The lowest BCUT2D eigenvalue weighted by molar-refractivity contribution is -0.132. The number of hydrogen-bond acceptors (Lipinski definition) is 5. The summed E-state index contributed by atoms with van der Waals surface area (Å²) >= 11 is 0. The number of nitrogens with zero attached hydrogens (tertiary/aromatic N) is 2.